The zero-order valence-electron chi connectivity index (χ0n) is 16.7. The molecule has 0 aliphatic carbocycles. The van der Waals surface area contributed by atoms with Crippen LogP contribution in [0, 0.1) is 19.7 Å². The SMILES string of the molecule is Cc1cc(C)n(C[C@H]2CC(c3ccc(NC(=O)OC(C)(C)C)c(F)c3)=NO2)n1. The average Bonchev–Trinajstić information content (AvgIpc) is 3.14. The molecule has 1 amide bonds. The second kappa shape index (κ2) is 7.61. The summed E-state index contributed by atoms with van der Waals surface area (Å²) in [4.78, 5) is 17.3. The number of aromatic nitrogens is 2. The summed E-state index contributed by atoms with van der Waals surface area (Å²) in [6, 6.07) is 6.53. The van der Waals surface area contributed by atoms with Gasteiger partial charge in [-0.25, -0.2) is 9.18 Å². The molecule has 0 bridgehead atoms. The van der Waals surface area contributed by atoms with Gasteiger partial charge in [0, 0.05) is 17.7 Å². The van der Waals surface area contributed by atoms with Crippen molar-refractivity contribution < 1.29 is 18.8 Å². The van der Waals surface area contributed by atoms with Gasteiger partial charge in [-0.1, -0.05) is 11.2 Å². The van der Waals surface area contributed by atoms with Gasteiger partial charge in [-0.3, -0.25) is 10.00 Å². The van der Waals surface area contributed by atoms with Crippen molar-refractivity contribution in [1.82, 2.24) is 9.78 Å². The summed E-state index contributed by atoms with van der Waals surface area (Å²) in [5.74, 6) is -0.562. The molecule has 1 aromatic carbocycles. The van der Waals surface area contributed by atoms with Crippen LogP contribution in [0.1, 0.15) is 44.1 Å². The lowest BCUT2D eigenvalue weighted by atomic mass is 10.0. The molecule has 0 fully saturated rings. The Morgan fingerprint density at radius 1 is 1.36 bits per heavy atom. The fraction of sp³-hybridized carbons (Fsp3) is 0.450. The summed E-state index contributed by atoms with van der Waals surface area (Å²) >= 11 is 0. The van der Waals surface area contributed by atoms with Crippen molar-refractivity contribution in [2.45, 2.75) is 59.3 Å². The van der Waals surface area contributed by atoms with E-state index in [1.807, 2.05) is 24.6 Å². The Labute approximate surface area is 163 Å². The highest BCUT2D eigenvalue weighted by atomic mass is 19.1. The number of benzene rings is 1. The van der Waals surface area contributed by atoms with Gasteiger partial charge in [0.05, 0.1) is 23.6 Å². The van der Waals surface area contributed by atoms with E-state index in [1.165, 1.54) is 12.1 Å². The molecular formula is C20H25FN4O3. The minimum Gasteiger partial charge on any atom is -0.444 e. The summed E-state index contributed by atoms with van der Waals surface area (Å²) in [6.45, 7) is 9.73. The highest BCUT2D eigenvalue weighted by Gasteiger charge is 2.24. The van der Waals surface area contributed by atoms with Crippen molar-refractivity contribution in [1.29, 1.82) is 0 Å². The summed E-state index contributed by atoms with van der Waals surface area (Å²) < 4.78 is 21.4. The van der Waals surface area contributed by atoms with Crippen LogP contribution in [0.15, 0.2) is 29.4 Å². The first-order chi connectivity index (χ1) is 13.1. The zero-order valence-corrected chi connectivity index (χ0v) is 16.7. The normalized spacial score (nSPS) is 16.5. The first-order valence-electron chi connectivity index (χ1n) is 9.14. The van der Waals surface area contributed by atoms with Crippen LogP contribution in [0.5, 0.6) is 0 Å². The highest BCUT2D eigenvalue weighted by Crippen LogP contribution is 2.23. The van der Waals surface area contributed by atoms with E-state index in [2.05, 4.69) is 15.6 Å². The van der Waals surface area contributed by atoms with Crippen molar-refractivity contribution in [3.8, 4) is 0 Å². The second-order valence-electron chi connectivity index (χ2n) is 7.90. The minimum atomic E-state index is -0.703. The quantitative estimate of drug-likeness (QED) is 0.852. The van der Waals surface area contributed by atoms with E-state index in [4.69, 9.17) is 9.57 Å². The number of ether oxygens (including phenoxy) is 1. The van der Waals surface area contributed by atoms with Gasteiger partial charge < -0.3 is 9.57 Å². The summed E-state index contributed by atoms with van der Waals surface area (Å²) in [5, 5.41) is 10.9. The summed E-state index contributed by atoms with van der Waals surface area (Å²) in [6.07, 6.45) is -0.308. The molecule has 1 N–H and O–H groups in total. The van der Waals surface area contributed by atoms with Gasteiger partial charge in [-0.15, -0.1) is 0 Å². The van der Waals surface area contributed by atoms with Crippen molar-refractivity contribution in [2.24, 2.45) is 5.16 Å². The number of hydrogen-bond acceptors (Lipinski definition) is 5. The van der Waals surface area contributed by atoms with Crippen LogP contribution in [-0.4, -0.2) is 33.3 Å². The summed E-state index contributed by atoms with van der Waals surface area (Å²) in [7, 11) is 0. The van der Waals surface area contributed by atoms with Gasteiger partial charge in [-0.05, 0) is 52.8 Å². The van der Waals surface area contributed by atoms with Crippen LogP contribution in [-0.2, 0) is 16.1 Å². The number of nitrogens with one attached hydrogen (secondary N) is 1. The number of rotatable bonds is 4. The van der Waals surface area contributed by atoms with Gasteiger partial charge in [-0.2, -0.15) is 5.10 Å². The molecule has 150 valence electrons. The number of hydrogen-bond donors (Lipinski definition) is 1. The number of oxime groups is 1. The Kier molecular flexibility index (Phi) is 5.40. The Morgan fingerprint density at radius 3 is 2.71 bits per heavy atom. The van der Waals surface area contributed by atoms with Gasteiger partial charge in [0.25, 0.3) is 0 Å². The molecule has 1 atom stereocenters. The van der Waals surface area contributed by atoms with E-state index >= 15 is 0 Å². The number of carbonyl (C=O) groups is 1. The molecule has 2 heterocycles. The van der Waals surface area contributed by atoms with Crippen molar-refractivity contribution in [3.05, 3.63) is 47.0 Å². The molecule has 8 heteroatoms. The molecule has 0 saturated heterocycles. The van der Waals surface area contributed by atoms with Crippen LogP contribution in [0.3, 0.4) is 0 Å². The Morgan fingerprint density at radius 2 is 2.11 bits per heavy atom. The summed E-state index contributed by atoms with van der Waals surface area (Å²) in [5.41, 5.74) is 2.68. The molecule has 2 aromatic rings. The Hall–Kier alpha value is -2.90. The molecule has 28 heavy (non-hydrogen) atoms. The van der Waals surface area contributed by atoms with Crippen LogP contribution >= 0.6 is 0 Å². The van der Waals surface area contributed by atoms with E-state index in [0.29, 0.717) is 24.2 Å². The standard InChI is InChI=1S/C20H25FN4O3/c1-12-8-13(2)25(23-12)11-15-10-18(24-28-15)14-6-7-17(16(21)9-14)22-19(26)27-20(3,4)5/h6-9,15H,10-11H2,1-5H3,(H,22,26)/t15-/m1/s1. The van der Waals surface area contributed by atoms with E-state index in [-0.39, 0.29) is 11.8 Å². The van der Waals surface area contributed by atoms with E-state index in [1.54, 1.807) is 26.8 Å². The third kappa shape index (κ3) is 4.88. The van der Waals surface area contributed by atoms with Gasteiger partial charge in [0.1, 0.15) is 11.4 Å². The Balaban J connectivity index is 1.62. The molecule has 0 saturated carbocycles. The number of nitrogens with zero attached hydrogens (tertiary/aromatic N) is 3. The zero-order chi connectivity index (χ0) is 20.5. The molecule has 0 spiro atoms. The number of carbonyl (C=O) groups excluding carboxylic acids is 1. The molecule has 1 aliphatic rings. The van der Waals surface area contributed by atoms with Crippen molar-refractivity contribution in [2.75, 3.05) is 5.32 Å². The fourth-order valence-corrected chi connectivity index (χ4v) is 2.96. The lowest BCUT2D eigenvalue weighted by Crippen LogP contribution is -2.27. The smallest absolute Gasteiger partial charge is 0.412 e. The molecule has 0 radical (unpaired) electrons. The molecule has 7 nitrogen and oxygen atoms in total. The van der Waals surface area contributed by atoms with Gasteiger partial charge in [0.2, 0.25) is 0 Å². The predicted molar refractivity (Wildman–Crippen MR) is 104 cm³/mol. The lowest BCUT2D eigenvalue weighted by molar-refractivity contribution is 0.0635. The van der Waals surface area contributed by atoms with Gasteiger partial charge >= 0.3 is 6.09 Å². The predicted octanol–water partition coefficient (Wildman–Crippen LogP) is 4.18. The molecule has 1 aliphatic heterocycles. The molecule has 0 unspecified atom stereocenters. The molecule has 1 aromatic heterocycles. The first-order valence-corrected chi connectivity index (χ1v) is 9.14. The second-order valence-corrected chi connectivity index (χ2v) is 7.90. The maximum absolute atomic E-state index is 14.4. The van der Waals surface area contributed by atoms with Crippen LogP contribution in [0.4, 0.5) is 14.9 Å². The van der Waals surface area contributed by atoms with Crippen molar-refractivity contribution in [3.63, 3.8) is 0 Å². The van der Waals surface area contributed by atoms with Crippen molar-refractivity contribution >= 4 is 17.5 Å². The molecule has 3 rings (SSSR count). The number of aryl methyl sites for hydroxylation is 2. The number of anilines is 1. The van der Waals surface area contributed by atoms with Crippen LogP contribution < -0.4 is 5.32 Å². The maximum Gasteiger partial charge on any atom is 0.412 e. The monoisotopic (exact) mass is 388 g/mol. The van der Waals surface area contributed by atoms with E-state index in [9.17, 15) is 9.18 Å². The lowest BCUT2D eigenvalue weighted by Gasteiger charge is -2.19. The number of amides is 1. The topological polar surface area (TPSA) is 77.7 Å². The number of halogens is 1. The van der Waals surface area contributed by atoms with Gasteiger partial charge in [0.15, 0.2) is 6.10 Å². The van der Waals surface area contributed by atoms with E-state index in [0.717, 1.165) is 11.4 Å². The van der Waals surface area contributed by atoms with Crippen LogP contribution in [0.2, 0.25) is 0 Å². The maximum atomic E-state index is 14.4. The fourth-order valence-electron chi connectivity index (χ4n) is 2.96. The minimum absolute atomic E-state index is 0.0525. The largest absolute Gasteiger partial charge is 0.444 e. The van der Waals surface area contributed by atoms with Crippen LogP contribution in [0.25, 0.3) is 0 Å². The third-order valence-electron chi connectivity index (χ3n) is 4.15. The third-order valence-corrected chi connectivity index (χ3v) is 4.15. The first kappa shape index (κ1) is 19.9. The Bertz CT molecular complexity index is 915. The van der Waals surface area contributed by atoms with E-state index < -0.39 is 17.5 Å². The molecular weight excluding hydrogens is 363 g/mol. The highest BCUT2D eigenvalue weighted by molar-refractivity contribution is 6.01. The average molecular weight is 388 g/mol.